The minimum atomic E-state index is -0.386. The number of hydrogen-bond acceptors (Lipinski definition) is 6. The molecule has 1 aromatic carbocycles. The van der Waals surface area contributed by atoms with Crippen molar-refractivity contribution in [2.45, 2.75) is 13.3 Å². The summed E-state index contributed by atoms with van der Waals surface area (Å²) >= 11 is 0. The molecule has 7 heteroatoms. The number of nitrogens with two attached hydrogens (primary N) is 2. The SMILES string of the molecule is C=C(COc1cc(-c2ccccc2O)nnc1N)CC(C)C(N)=O. The number of anilines is 1. The van der Waals surface area contributed by atoms with E-state index < -0.39 is 0 Å². The van der Waals surface area contributed by atoms with Crippen molar-refractivity contribution in [2.75, 3.05) is 12.3 Å². The van der Waals surface area contributed by atoms with Crippen LogP contribution in [0.25, 0.3) is 11.3 Å². The average molecular weight is 328 g/mol. The number of nitrogens with zero attached hydrogens (tertiary/aromatic N) is 2. The zero-order valence-electron chi connectivity index (χ0n) is 13.4. The number of aromatic hydroxyl groups is 1. The third-order valence-electron chi connectivity index (χ3n) is 3.48. The predicted octanol–water partition coefficient (Wildman–Crippen LogP) is 1.88. The smallest absolute Gasteiger partial charge is 0.220 e. The Labute approximate surface area is 140 Å². The highest BCUT2D eigenvalue weighted by molar-refractivity contribution is 5.76. The Morgan fingerprint density at radius 1 is 1.38 bits per heavy atom. The number of ether oxygens (including phenoxy) is 1. The molecule has 0 spiro atoms. The average Bonchev–Trinajstić information content (AvgIpc) is 2.54. The standard InChI is InChI=1S/C17H20N4O3/c1-10(7-11(2)17(19)23)9-24-15-8-13(20-21-16(15)18)12-5-3-4-6-14(12)22/h3-6,8,11,22H,1,7,9H2,2H3,(H2,18,21)(H2,19,23). The minimum Gasteiger partial charge on any atom is -0.507 e. The number of aromatic nitrogens is 2. The summed E-state index contributed by atoms with van der Waals surface area (Å²) in [6, 6.07) is 8.36. The molecule has 0 bridgehead atoms. The summed E-state index contributed by atoms with van der Waals surface area (Å²) in [4.78, 5) is 11.1. The van der Waals surface area contributed by atoms with Gasteiger partial charge in [0, 0.05) is 17.5 Å². The number of carbonyl (C=O) groups is 1. The quantitative estimate of drug-likeness (QED) is 0.667. The van der Waals surface area contributed by atoms with Crippen molar-refractivity contribution >= 4 is 11.7 Å². The van der Waals surface area contributed by atoms with Gasteiger partial charge in [0.05, 0.1) is 0 Å². The number of carbonyl (C=O) groups excluding carboxylic acids is 1. The fourth-order valence-corrected chi connectivity index (χ4v) is 2.09. The van der Waals surface area contributed by atoms with E-state index in [-0.39, 0.29) is 30.0 Å². The Kier molecular flexibility index (Phi) is 5.36. The lowest BCUT2D eigenvalue weighted by atomic mass is 10.0. The molecule has 1 aromatic heterocycles. The molecule has 1 amide bonds. The van der Waals surface area contributed by atoms with E-state index in [9.17, 15) is 9.90 Å². The van der Waals surface area contributed by atoms with Crippen molar-refractivity contribution in [3.05, 3.63) is 42.5 Å². The molecule has 7 nitrogen and oxygen atoms in total. The number of para-hydroxylation sites is 1. The van der Waals surface area contributed by atoms with Crippen molar-refractivity contribution in [1.29, 1.82) is 0 Å². The first-order valence-corrected chi connectivity index (χ1v) is 7.38. The summed E-state index contributed by atoms with van der Waals surface area (Å²) in [5, 5.41) is 17.7. The highest BCUT2D eigenvalue weighted by Crippen LogP contribution is 2.30. The summed E-state index contributed by atoms with van der Waals surface area (Å²) in [6.45, 7) is 5.77. The van der Waals surface area contributed by atoms with Crippen molar-refractivity contribution in [1.82, 2.24) is 10.2 Å². The van der Waals surface area contributed by atoms with Gasteiger partial charge in [-0.3, -0.25) is 4.79 Å². The van der Waals surface area contributed by atoms with Crippen LogP contribution in [0.1, 0.15) is 13.3 Å². The van der Waals surface area contributed by atoms with Crippen LogP contribution in [0.15, 0.2) is 42.5 Å². The number of nitrogen functional groups attached to an aromatic ring is 1. The second kappa shape index (κ2) is 7.45. The highest BCUT2D eigenvalue weighted by Gasteiger charge is 2.13. The van der Waals surface area contributed by atoms with Crippen LogP contribution in [0.2, 0.25) is 0 Å². The van der Waals surface area contributed by atoms with E-state index in [2.05, 4.69) is 16.8 Å². The molecule has 126 valence electrons. The van der Waals surface area contributed by atoms with Gasteiger partial charge in [-0.05, 0) is 24.1 Å². The van der Waals surface area contributed by atoms with Crippen LogP contribution in [0.3, 0.4) is 0 Å². The van der Waals surface area contributed by atoms with E-state index >= 15 is 0 Å². The second-order valence-electron chi connectivity index (χ2n) is 5.54. The number of phenols is 1. The highest BCUT2D eigenvalue weighted by atomic mass is 16.5. The Morgan fingerprint density at radius 3 is 2.75 bits per heavy atom. The summed E-state index contributed by atoms with van der Waals surface area (Å²) in [7, 11) is 0. The van der Waals surface area contributed by atoms with Crippen LogP contribution >= 0.6 is 0 Å². The summed E-state index contributed by atoms with van der Waals surface area (Å²) in [5.41, 5.74) is 12.7. The minimum absolute atomic E-state index is 0.0854. The molecule has 0 fully saturated rings. The monoisotopic (exact) mass is 328 g/mol. The van der Waals surface area contributed by atoms with Crippen LogP contribution in [-0.4, -0.2) is 27.8 Å². The Morgan fingerprint density at radius 2 is 2.08 bits per heavy atom. The number of primary amides is 1. The Bertz CT molecular complexity index is 761. The van der Waals surface area contributed by atoms with Gasteiger partial charge in [0.1, 0.15) is 18.1 Å². The zero-order valence-corrected chi connectivity index (χ0v) is 13.4. The molecular formula is C17H20N4O3. The third kappa shape index (κ3) is 4.22. The lowest BCUT2D eigenvalue weighted by Crippen LogP contribution is -2.21. The largest absolute Gasteiger partial charge is 0.507 e. The number of amides is 1. The molecule has 1 unspecified atom stereocenters. The Balaban J connectivity index is 2.11. The molecule has 5 N–H and O–H groups in total. The molecule has 2 aromatic rings. The Hall–Kier alpha value is -3.09. The topological polar surface area (TPSA) is 124 Å². The van der Waals surface area contributed by atoms with Gasteiger partial charge in [-0.15, -0.1) is 10.2 Å². The molecule has 0 aliphatic carbocycles. The third-order valence-corrected chi connectivity index (χ3v) is 3.48. The molecule has 1 heterocycles. The maximum absolute atomic E-state index is 11.1. The van der Waals surface area contributed by atoms with Gasteiger partial charge in [0.2, 0.25) is 5.91 Å². The van der Waals surface area contributed by atoms with Gasteiger partial charge >= 0.3 is 0 Å². The zero-order chi connectivity index (χ0) is 17.7. The van der Waals surface area contributed by atoms with E-state index in [1.807, 2.05) is 0 Å². The summed E-state index contributed by atoms with van der Waals surface area (Å²) in [6.07, 6.45) is 0.431. The van der Waals surface area contributed by atoms with E-state index in [4.69, 9.17) is 16.2 Å². The van der Waals surface area contributed by atoms with Crippen molar-refractivity contribution < 1.29 is 14.6 Å². The van der Waals surface area contributed by atoms with Gasteiger partial charge in [-0.1, -0.05) is 25.6 Å². The van der Waals surface area contributed by atoms with Gasteiger partial charge in [-0.2, -0.15) is 0 Å². The molecule has 0 saturated heterocycles. The number of rotatable bonds is 7. The molecule has 2 rings (SSSR count). The molecule has 0 radical (unpaired) electrons. The normalized spacial score (nSPS) is 11.7. The maximum atomic E-state index is 11.1. The van der Waals surface area contributed by atoms with E-state index in [0.717, 1.165) is 0 Å². The van der Waals surface area contributed by atoms with E-state index in [1.54, 1.807) is 37.3 Å². The van der Waals surface area contributed by atoms with Crippen molar-refractivity contribution in [3.8, 4) is 22.8 Å². The first-order valence-electron chi connectivity index (χ1n) is 7.38. The lowest BCUT2D eigenvalue weighted by Gasteiger charge is -2.13. The number of phenolic OH excluding ortho intramolecular Hbond substituents is 1. The first kappa shape index (κ1) is 17.3. The van der Waals surface area contributed by atoms with Gasteiger partial charge < -0.3 is 21.3 Å². The summed E-state index contributed by atoms with van der Waals surface area (Å²) < 4.78 is 5.62. The van der Waals surface area contributed by atoms with E-state index in [1.165, 1.54) is 0 Å². The first-order chi connectivity index (χ1) is 11.4. The molecule has 0 aliphatic rings. The lowest BCUT2D eigenvalue weighted by molar-refractivity contribution is -0.121. The van der Waals surface area contributed by atoms with E-state index in [0.29, 0.717) is 29.0 Å². The molecular weight excluding hydrogens is 308 g/mol. The number of benzene rings is 1. The van der Waals surface area contributed by atoms with Crippen molar-refractivity contribution in [2.24, 2.45) is 11.7 Å². The van der Waals surface area contributed by atoms with Crippen LogP contribution in [0.5, 0.6) is 11.5 Å². The van der Waals surface area contributed by atoms with Crippen molar-refractivity contribution in [3.63, 3.8) is 0 Å². The second-order valence-corrected chi connectivity index (χ2v) is 5.54. The van der Waals surface area contributed by atoms with Gasteiger partial charge in [-0.25, -0.2) is 0 Å². The molecule has 0 aliphatic heterocycles. The molecule has 24 heavy (non-hydrogen) atoms. The fraction of sp³-hybridized carbons (Fsp3) is 0.235. The van der Waals surface area contributed by atoms with Crippen LogP contribution < -0.4 is 16.2 Å². The van der Waals surface area contributed by atoms with Crippen LogP contribution in [-0.2, 0) is 4.79 Å². The summed E-state index contributed by atoms with van der Waals surface area (Å²) in [5.74, 6) is -0.155. The fourth-order valence-electron chi connectivity index (χ4n) is 2.09. The number of hydrogen-bond donors (Lipinski definition) is 3. The van der Waals surface area contributed by atoms with Gasteiger partial charge in [0.25, 0.3) is 0 Å². The van der Waals surface area contributed by atoms with Gasteiger partial charge in [0.15, 0.2) is 11.6 Å². The maximum Gasteiger partial charge on any atom is 0.220 e. The molecule has 0 saturated carbocycles. The van der Waals surface area contributed by atoms with Crippen LogP contribution in [0, 0.1) is 5.92 Å². The predicted molar refractivity (Wildman–Crippen MR) is 91.2 cm³/mol. The molecule has 1 atom stereocenters. The van der Waals surface area contributed by atoms with Crippen LogP contribution in [0.4, 0.5) is 5.82 Å².